The summed E-state index contributed by atoms with van der Waals surface area (Å²) in [5, 5.41) is 9.32. The van der Waals surface area contributed by atoms with E-state index in [9.17, 15) is 4.79 Å². The number of thioether (sulfide) groups is 1. The zero-order valence-corrected chi connectivity index (χ0v) is 15.4. The molecule has 0 atom stereocenters. The Hall–Kier alpha value is -2.47. The highest BCUT2D eigenvalue weighted by molar-refractivity contribution is 7.99. The summed E-state index contributed by atoms with van der Waals surface area (Å²) in [6.07, 6.45) is 3.47. The predicted molar refractivity (Wildman–Crippen MR) is 99.9 cm³/mol. The van der Waals surface area contributed by atoms with E-state index < -0.39 is 0 Å². The quantitative estimate of drug-likeness (QED) is 0.496. The predicted octanol–water partition coefficient (Wildman–Crippen LogP) is 3.95. The van der Waals surface area contributed by atoms with E-state index in [-0.39, 0.29) is 5.78 Å². The number of carbonyl (C=O) groups excluding carboxylic acids is 1. The first-order valence-corrected chi connectivity index (χ1v) is 9.15. The highest BCUT2D eigenvalue weighted by Crippen LogP contribution is 2.24. The van der Waals surface area contributed by atoms with E-state index in [0.29, 0.717) is 5.75 Å². The summed E-state index contributed by atoms with van der Waals surface area (Å²) in [4.78, 5) is 16.6. The normalized spacial score (nSPS) is 10.8. The van der Waals surface area contributed by atoms with Gasteiger partial charge in [-0.2, -0.15) is 0 Å². The summed E-state index contributed by atoms with van der Waals surface area (Å²) in [5.74, 6) is 1.25. The minimum atomic E-state index is 0.110. The first-order chi connectivity index (χ1) is 12.1. The molecule has 0 aliphatic carbocycles. The largest absolute Gasteiger partial charge is 0.302 e. The monoisotopic (exact) mass is 352 g/mol. The van der Waals surface area contributed by atoms with Gasteiger partial charge in [0.1, 0.15) is 0 Å². The van der Waals surface area contributed by atoms with E-state index in [4.69, 9.17) is 0 Å². The second kappa shape index (κ2) is 7.61. The van der Waals surface area contributed by atoms with E-state index in [2.05, 4.69) is 15.2 Å². The molecule has 3 rings (SSSR count). The van der Waals surface area contributed by atoms with Crippen LogP contribution in [0.25, 0.3) is 11.4 Å². The van der Waals surface area contributed by atoms with Gasteiger partial charge < -0.3 is 4.57 Å². The van der Waals surface area contributed by atoms with Gasteiger partial charge in [0.25, 0.3) is 0 Å². The number of rotatable bonds is 6. The number of ketones is 1. The van der Waals surface area contributed by atoms with Crippen LogP contribution in [0.15, 0.2) is 47.9 Å². The Morgan fingerprint density at radius 2 is 1.88 bits per heavy atom. The Kier molecular flexibility index (Phi) is 5.28. The van der Waals surface area contributed by atoms with Crippen molar-refractivity contribution in [2.75, 3.05) is 5.75 Å². The summed E-state index contributed by atoms with van der Waals surface area (Å²) in [6.45, 7) is 6.79. The van der Waals surface area contributed by atoms with Gasteiger partial charge in [0, 0.05) is 30.1 Å². The third kappa shape index (κ3) is 3.79. The van der Waals surface area contributed by atoms with Crippen LogP contribution < -0.4 is 0 Å². The summed E-state index contributed by atoms with van der Waals surface area (Å²) in [5.41, 5.74) is 3.92. The van der Waals surface area contributed by atoms with Crippen LogP contribution in [0.2, 0.25) is 0 Å². The van der Waals surface area contributed by atoms with Crippen LogP contribution in [-0.2, 0) is 6.54 Å². The molecular weight excluding hydrogens is 332 g/mol. The van der Waals surface area contributed by atoms with E-state index in [0.717, 1.165) is 39.8 Å². The van der Waals surface area contributed by atoms with Crippen LogP contribution in [0, 0.1) is 13.8 Å². The van der Waals surface area contributed by atoms with Gasteiger partial charge in [-0.25, -0.2) is 0 Å². The molecule has 0 bridgehead atoms. The lowest BCUT2D eigenvalue weighted by molar-refractivity contribution is 0.102. The fourth-order valence-electron chi connectivity index (χ4n) is 2.73. The van der Waals surface area contributed by atoms with E-state index in [1.165, 1.54) is 11.8 Å². The molecule has 0 fully saturated rings. The molecule has 128 valence electrons. The molecular formula is C19H20N4OS. The van der Waals surface area contributed by atoms with Gasteiger partial charge in [0.05, 0.1) is 5.75 Å². The van der Waals surface area contributed by atoms with Gasteiger partial charge in [-0.3, -0.25) is 9.78 Å². The highest BCUT2D eigenvalue weighted by atomic mass is 32.2. The number of hydrogen-bond donors (Lipinski definition) is 0. The molecule has 0 unspecified atom stereocenters. The maximum absolute atomic E-state index is 12.5. The van der Waals surface area contributed by atoms with Crippen molar-refractivity contribution >= 4 is 17.5 Å². The van der Waals surface area contributed by atoms with Crippen LogP contribution in [0.1, 0.15) is 28.4 Å². The fraction of sp³-hybridized carbons (Fsp3) is 0.263. The topological polar surface area (TPSA) is 60.7 Å². The minimum absolute atomic E-state index is 0.110. The smallest absolute Gasteiger partial charge is 0.191 e. The number of Topliss-reactive ketones (excluding diaryl/α,β-unsaturated/α-hetero) is 1. The Labute approximate surface area is 151 Å². The van der Waals surface area contributed by atoms with Crippen LogP contribution in [0.4, 0.5) is 0 Å². The van der Waals surface area contributed by atoms with Crippen molar-refractivity contribution in [1.82, 2.24) is 19.7 Å². The Balaban J connectivity index is 1.77. The molecule has 0 N–H and O–H groups in total. The maximum Gasteiger partial charge on any atom is 0.191 e. The molecule has 3 aromatic rings. The third-order valence-corrected chi connectivity index (χ3v) is 4.95. The van der Waals surface area contributed by atoms with Gasteiger partial charge in [-0.15, -0.1) is 10.2 Å². The number of aryl methyl sites for hydroxylation is 2. The molecule has 0 saturated carbocycles. The van der Waals surface area contributed by atoms with Gasteiger partial charge in [0.15, 0.2) is 16.8 Å². The van der Waals surface area contributed by atoms with Crippen molar-refractivity contribution in [3.05, 3.63) is 59.4 Å². The molecule has 0 aliphatic rings. The first-order valence-electron chi connectivity index (χ1n) is 8.17. The average molecular weight is 352 g/mol. The molecule has 0 saturated heterocycles. The fourth-order valence-corrected chi connectivity index (χ4v) is 3.62. The van der Waals surface area contributed by atoms with Crippen molar-refractivity contribution in [3.63, 3.8) is 0 Å². The SMILES string of the molecule is CCn1c(SCC(=O)c2ccc(C)cc2C)nnc1-c1ccncc1. The van der Waals surface area contributed by atoms with Gasteiger partial charge in [0.2, 0.25) is 0 Å². The van der Waals surface area contributed by atoms with Crippen molar-refractivity contribution in [3.8, 4) is 11.4 Å². The molecule has 2 heterocycles. The number of nitrogens with zero attached hydrogens (tertiary/aromatic N) is 4. The number of carbonyl (C=O) groups is 1. The number of aromatic nitrogens is 4. The molecule has 6 heteroatoms. The molecule has 2 aromatic heterocycles. The Bertz CT molecular complexity index is 890. The molecule has 0 radical (unpaired) electrons. The molecule has 0 amide bonds. The zero-order chi connectivity index (χ0) is 17.8. The second-order valence-corrected chi connectivity index (χ2v) is 6.76. The van der Waals surface area contributed by atoms with Crippen molar-refractivity contribution in [1.29, 1.82) is 0 Å². The highest BCUT2D eigenvalue weighted by Gasteiger charge is 2.16. The zero-order valence-electron chi connectivity index (χ0n) is 14.6. The third-order valence-electron chi connectivity index (χ3n) is 3.99. The van der Waals surface area contributed by atoms with Crippen molar-refractivity contribution in [2.24, 2.45) is 0 Å². The Morgan fingerprint density at radius 1 is 1.12 bits per heavy atom. The van der Waals surface area contributed by atoms with Gasteiger partial charge in [-0.05, 0) is 38.5 Å². The summed E-state index contributed by atoms with van der Waals surface area (Å²) in [6, 6.07) is 9.73. The lowest BCUT2D eigenvalue weighted by atomic mass is 10.0. The molecule has 1 aromatic carbocycles. The first kappa shape index (κ1) is 17.4. The minimum Gasteiger partial charge on any atom is -0.302 e. The molecule has 25 heavy (non-hydrogen) atoms. The number of pyridine rings is 1. The van der Waals surface area contributed by atoms with E-state index in [1.807, 2.05) is 55.7 Å². The van der Waals surface area contributed by atoms with Crippen molar-refractivity contribution < 1.29 is 4.79 Å². The van der Waals surface area contributed by atoms with Crippen LogP contribution in [0.5, 0.6) is 0 Å². The Morgan fingerprint density at radius 3 is 2.56 bits per heavy atom. The lowest BCUT2D eigenvalue weighted by Crippen LogP contribution is -2.07. The maximum atomic E-state index is 12.5. The van der Waals surface area contributed by atoms with Crippen molar-refractivity contribution in [2.45, 2.75) is 32.5 Å². The number of benzene rings is 1. The van der Waals surface area contributed by atoms with Gasteiger partial charge in [-0.1, -0.05) is 35.5 Å². The molecule has 5 nitrogen and oxygen atoms in total. The summed E-state index contributed by atoms with van der Waals surface area (Å²) in [7, 11) is 0. The number of hydrogen-bond acceptors (Lipinski definition) is 5. The molecule has 0 spiro atoms. The lowest BCUT2D eigenvalue weighted by Gasteiger charge is -2.08. The average Bonchev–Trinajstić information content (AvgIpc) is 3.03. The molecule has 0 aliphatic heterocycles. The van der Waals surface area contributed by atoms with Crippen LogP contribution in [0.3, 0.4) is 0 Å². The second-order valence-electron chi connectivity index (χ2n) is 5.82. The van der Waals surface area contributed by atoms with Gasteiger partial charge >= 0.3 is 0 Å². The summed E-state index contributed by atoms with van der Waals surface area (Å²) >= 11 is 1.43. The standard InChI is InChI=1S/C19H20N4OS/c1-4-23-18(15-7-9-20-10-8-15)21-22-19(23)25-12-17(24)16-6-5-13(2)11-14(16)3/h5-11H,4,12H2,1-3H3. The summed E-state index contributed by atoms with van der Waals surface area (Å²) < 4.78 is 2.02. The van der Waals surface area contributed by atoms with Crippen LogP contribution >= 0.6 is 11.8 Å². The van der Waals surface area contributed by atoms with Crippen LogP contribution in [-0.4, -0.2) is 31.3 Å². The van der Waals surface area contributed by atoms with E-state index >= 15 is 0 Å². The van der Waals surface area contributed by atoms with E-state index in [1.54, 1.807) is 12.4 Å².